The third-order valence-corrected chi connectivity index (χ3v) is 9.44. The van der Waals surface area contributed by atoms with Gasteiger partial charge in [0, 0.05) is 36.7 Å². The summed E-state index contributed by atoms with van der Waals surface area (Å²) in [4.78, 5) is 21.9. The first-order valence-corrected chi connectivity index (χ1v) is 14.5. The number of nitrogens with one attached hydrogen (secondary N) is 2. The Hall–Kier alpha value is -3.12. The van der Waals surface area contributed by atoms with Crippen molar-refractivity contribution in [3.63, 3.8) is 0 Å². The van der Waals surface area contributed by atoms with Crippen molar-refractivity contribution in [3.05, 3.63) is 18.5 Å². The van der Waals surface area contributed by atoms with Crippen LogP contribution in [0.2, 0.25) is 0 Å². The summed E-state index contributed by atoms with van der Waals surface area (Å²) < 4.78 is 22.8. The number of hydrogen-bond donors (Lipinski definition) is 3. The summed E-state index contributed by atoms with van der Waals surface area (Å²) in [6.45, 7) is 1.85. The number of hydrogen-bond acceptors (Lipinski definition) is 7. The van der Waals surface area contributed by atoms with E-state index in [0.717, 1.165) is 25.7 Å². The van der Waals surface area contributed by atoms with Crippen molar-refractivity contribution in [1.82, 2.24) is 29.9 Å². The minimum absolute atomic E-state index is 0.139. The van der Waals surface area contributed by atoms with Crippen LogP contribution in [0.15, 0.2) is 18.5 Å². The number of nitrogens with zero attached hydrogens (tertiary/aromatic N) is 6. The van der Waals surface area contributed by atoms with Gasteiger partial charge in [0.25, 0.3) is 0 Å². The molecule has 5 heterocycles. The fourth-order valence-electron chi connectivity index (χ4n) is 6.38. The Morgan fingerprint density at radius 3 is 2.66 bits per heavy atom. The summed E-state index contributed by atoms with van der Waals surface area (Å²) in [5.74, 6) is 0.638. The number of carbonyl (C=O) groups excluding carboxylic acids is 1. The monoisotopic (exact) mass is 556 g/mol. The van der Waals surface area contributed by atoms with Gasteiger partial charge in [-0.05, 0) is 57.4 Å². The molecule has 210 valence electrons. The summed E-state index contributed by atoms with van der Waals surface area (Å²) >= 11 is 0. The largest absolute Gasteiger partial charge is 0.393 e. The van der Waals surface area contributed by atoms with Gasteiger partial charge in [-0.1, -0.05) is 0 Å². The normalized spacial score (nSPS) is 25.0. The maximum Gasteiger partial charge on any atom is 0.322 e. The second-order valence-corrected chi connectivity index (χ2v) is 12.6. The van der Waals surface area contributed by atoms with Crippen molar-refractivity contribution in [2.45, 2.75) is 86.2 Å². The highest BCUT2D eigenvalue weighted by molar-refractivity contribution is 6.39. The number of ether oxygens (including phenoxy) is 1. The van der Waals surface area contributed by atoms with Crippen molar-refractivity contribution in [2.75, 3.05) is 29.9 Å². The average molecular weight is 556 g/mol. The number of likely N-dealkylation sites (tertiary alicyclic amines) is 1. The molecule has 3 aromatic heterocycles. The molecule has 8 rings (SSSR count). The number of H-pyrrole nitrogens is 1. The zero-order valence-corrected chi connectivity index (χ0v) is 22.7. The lowest BCUT2D eigenvalue weighted by atomic mass is 9.57. The van der Waals surface area contributed by atoms with Gasteiger partial charge in [0.1, 0.15) is 11.4 Å². The average Bonchev–Trinajstić information content (AvgIpc) is 3.88. The van der Waals surface area contributed by atoms with Crippen LogP contribution in [0.25, 0.3) is 22.3 Å². The summed E-state index contributed by atoms with van der Waals surface area (Å²) in [6.07, 6.45) is 9.04. The minimum atomic E-state index is -1.85. The number of alkyl halides is 1. The molecule has 3 saturated carbocycles. The maximum atomic E-state index is 15.4. The van der Waals surface area contributed by atoms with Gasteiger partial charge >= 0.3 is 6.03 Å². The van der Waals surface area contributed by atoms with Crippen LogP contribution >= 0.6 is 0 Å². The second-order valence-electron chi connectivity index (χ2n) is 12.6. The number of piperidine rings is 1. The number of pyridine rings is 1. The molecular formula is C27H31B2FN8O3. The Morgan fingerprint density at radius 1 is 1.17 bits per heavy atom. The molecule has 1 atom stereocenters. The number of carbonyl (C=O) groups is 1. The molecule has 1 unspecified atom stereocenters. The highest BCUT2D eigenvalue weighted by Gasteiger charge is 2.57. The number of amides is 2. The van der Waals surface area contributed by atoms with E-state index in [2.05, 4.69) is 25.4 Å². The van der Waals surface area contributed by atoms with Gasteiger partial charge in [0.15, 0.2) is 5.82 Å². The zero-order valence-electron chi connectivity index (χ0n) is 22.7. The molecule has 3 N–H and O–H groups in total. The van der Waals surface area contributed by atoms with Gasteiger partial charge < -0.3 is 25.0 Å². The van der Waals surface area contributed by atoms with Gasteiger partial charge in [0.2, 0.25) is 0 Å². The maximum absolute atomic E-state index is 15.4. The van der Waals surface area contributed by atoms with Crippen molar-refractivity contribution >= 4 is 44.1 Å². The first kappa shape index (κ1) is 25.6. The van der Waals surface area contributed by atoms with Crippen LogP contribution in [0.1, 0.15) is 51.4 Å². The number of rotatable bonds is 7. The second kappa shape index (κ2) is 8.70. The summed E-state index contributed by atoms with van der Waals surface area (Å²) in [7, 11) is 12.9. The Morgan fingerprint density at radius 2 is 1.95 bits per heavy atom. The highest BCUT2D eigenvalue weighted by Crippen LogP contribution is 2.51. The van der Waals surface area contributed by atoms with Crippen molar-refractivity contribution in [2.24, 2.45) is 0 Å². The van der Waals surface area contributed by atoms with E-state index in [1.54, 1.807) is 12.3 Å². The van der Waals surface area contributed by atoms with E-state index in [1.807, 2.05) is 4.90 Å². The van der Waals surface area contributed by atoms with Crippen LogP contribution in [-0.2, 0) is 10.1 Å². The van der Waals surface area contributed by atoms with Crippen molar-refractivity contribution < 1.29 is 19.0 Å². The van der Waals surface area contributed by atoms with E-state index in [0.29, 0.717) is 72.4 Å². The first-order valence-electron chi connectivity index (χ1n) is 14.5. The fourth-order valence-corrected chi connectivity index (χ4v) is 6.38. The van der Waals surface area contributed by atoms with E-state index < -0.39 is 11.0 Å². The quantitative estimate of drug-likeness (QED) is 0.381. The number of aromatic nitrogens is 5. The van der Waals surface area contributed by atoms with Crippen LogP contribution < -0.4 is 10.2 Å². The number of halogens is 1. The smallest absolute Gasteiger partial charge is 0.322 e. The molecule has 3 aromatic rings. The van der Waals surface area contributed by atoms with Gasteiger partial charge in [0.05, 0.1) is 62.5 Å². The van der Waals surface area contributed by atoms with E-state index in [4.69, 9.17) is 25.5 Å². The third-order valence-electron chi connectivity index (χ3n) is 9.44. The number of aliphatic hydroxyl groups excluding tert-OH is 1. The van der Waals surface area contributed by atoms with Gasteiger partial charge in [-0.2, -0.15) is 10.2 Å². The number of anilines is 2. The van der Waals surface area contributed by atoms with E-state index in [-0.39, 0.29) is 36.6 Å². The lowest BCUT2D eigenvalue weighted by Gasteiger charge is -2.39. The third kappa shape index (κ3) is 4.16. The SMILES string of the molecule is [B]C([B])(n1nc(N2CC(OC3CC3)C2)c2cnc(-c3[nH]ncc3NC(=O)N3CCC(O)CC34CC4)cc21)C1(F)CC1. The molecule has 4 radical (unpaired) electrons. The van der Waals surface area contributed by atoms with Crippen LogP contribution in [0, 0.1) is 0 Å². The molecule has 5 fully saturated rings. The molecule has 14 heteroatoms. The molecule has 5 aliphatic rings. The molecule has 41 heavy (non-hydrogen) atoms. The lowest BCUT2D eigenvalue weighted by Crippen LogP contribution is -2.53. The Balaban J connectivity index is 1.11. The standard InChI is InChI=1S/C27H31B2FN8O3/c28-27(29,26(30)6-7-26)38-21-9-19(31-11-18(21)23(35-38)36-13-17(14-36)41-16-1-2-16)22-20(12-32-34-22)33-24(40)37-8-3-15(39)10-25(37)4-5-25/h9,11-12,15-17,39H,1-8,10,13-14H2,(H,32,34)(H,33,40). The Kier molecular flexibility index (Phi) is 5.43. The minimum Gasteiger partial charge on any atom is -0.393 e. The summed E-state index contributed by atoms with van der Waals surface area (Å²) in [5, 5.41) is 23.8. The molecule has 11 nitrogen and oxygen atoms in total. The zero-order chi connectivity index (χ0) is 28.1. The van der Waals surface area contributed by atoms with E-state index in [9.17, 15) is 9.90 Å². The predicted octanol–water partition coefficient (Wildman–Crippen LogP) is 2.16. The number of aromatic amines is 1. The predicted molar refractivity (Wildman–Crippen MR) is 151 cm³/mol. The molecule has 0 bridgehead atoms. The molecule has 1 spiro atoms. The van der Waals surface area contributed by atoms with Crippen molar-refractivity contribution in [3.8, 4) is 11.4 Å². The molecular weight excluding hydrogens is 525 g/mol. The van der Waals surface area contributed by atoms with Crippen molar-refractivity contribution in [1.29, 1.82) is 0 Å². The van der Waals surface area contributed by atoms with Gasteiger partial charge in [-0.15, -0.1) is 0 Å². The summed E-state index contributed by atoms with van der Waals surface area (Å²) in [6, 6.07) is 1.52. The number of aliphatic hydroxyl groups is 1. The highest BCUT2D eigenvalue weighted by atomic mass is 19.1. The van der Waals surface area contributed by atoms with Gasteiger partial charge in [-0.25, -0.2) is 9.18 Å². The molecule has 2 aliphatic heterocycles. The number of fused-ring (bicyclic) bond motifs is 1. The van der Waals surface area contributed by atoms with Gasteiger partial charge in [-0.3, -0.25) is 14.8 Å². The van der Waals surface area contributed by atoms with Crippen LogP contribution in [0.5, 0.6) is 0 Å². The Labute approximate surface area is 239 Å². The van der Waals surface area contributed by atoms with E-state index >= 15 is 4.39 Å². The molecule has 2 amide bonds. The van der Waals surface area contributed by atoms with Crippen LogP contribution in [-0.4, -0.2) is 106 Å². The molecule has 2 saturated heterocycles. The molecule has 0 aromatic carbocycles. The number of urea groups is 1. The topological polar surface area (TPSA) is 124 Å². The first-order chi connectivity index (χ1) is 19.7. The lowest BCUT2D eigenvalue weighted by molar-refractivity contribution is 0.0217. The summed E-state index contributed by atoms with van der Waals surface area (Å²) in [5.41, 5.74) is -0.0338. The molecule has 3 aliphatic carbocycles. The fraction of sp³-hybridized carbons (Fsp3) is 0.630. The Bertz CT molecular complexity index is 1530. The van der Waals surface area contributed by atoms with Crippen LogP contribution in [0.4, 0.5) is 20.7 Å². The van der Waals surface area contributed by atoms with Crippen LogP contribution in [0.3, 0.4) is 0 Å². The van der Waals surface area contributed by atoms with E-state index in [1.165, 1.54) is 10.9 Å².